The number of hydrogen-bond donors (Lipinski definition) is 1. The van der Waals surface area contributed by atoms with Gasteiger partial charge in [0, 0.05) is 42.5 Å². The second-order valence-corrected chi connectivity index (χ2v) is 9.29. The summed E-state index contributed by atoms with van der Waals surface area (Å²) in [5.74, 6) is -0.0815. The molecule has 3 heterocycles. The number of piperidine rings is 1. The highest BCUT2D eigenvalue weighted by Crippen LogP contribution is 2.36. The van der Waals surface area contributed by atoms with Crippen molar-refractivity contribution in [2.24, 2.45) is 5.92 Å². The first-order valence-electron chi connectivity index (χ1n) is 11.6. The van der Waals surface area contributed by atoms with Crippen LogP contribution in [0.4, 0.5) is 14.9 Å². The van der Waals surface area contributed by atoms with E-state index in [0.717, 1.165) is 28.5 Å². The summed E-state index contributed by atoms with van der Waals surface area (Å²) in [4.78, 5) is 28.1. The smallest absolute Gasteiger partial charge is 0.321 e. The number of hydrogen-bond acceptors (Lipinski definition) is 2. The molecule has 1 aromatic heterocycles. The number of fused-ring (bicyclic) bond motifs is 5. The third-order valence-electron chi connectivity index (χ3n) is 7.03. The van der Waals surface area contributed by atoms with Gasteiger partial charge in [-0.05, 0) is 65.1 Å². The lowest BCUT2D eigenvalue weighted by Gasteiger charge is -2.42. The van der Waals surface area contributed by atoms with E-state index in [9.17, 15) is 14.0 Å². The molecule has 3 aromatic carbocycles. The zero-order valence-corrected chi connectivity index (χ0v) is 18.6. The maximum absolute atomic E-state index is 13.5. The molecule has 1 fully saturated rings. The molecule has 2 amide bonds. The second-order valence-electron chi connectivity index (χ2n) is 9.29. The predicted octanol–water partition coefficient (Wildman–Crippen LogP) is 5.46. The quantitative estimate of drug-likeness (QED) is 0.438. The molecule has 2 aliphatic heterocycles. The van der Waals surface area contributed by atoms with Crippen molar-refractivity contribution in [1.29, 1.82) is 0 Å². The summed E-state index contributed by atoms with van der Waals surface area (Å²) in [5, 5.41) is 5.06. The van der Waals surface area contributed by atoms with E-state index in [0.29, 0.717) is 30.9 Å². The number of benzene rings is 3. The molecule has 1 N–H and O–H groups in total. The number of likely N-dealkylation sites (tertiary alicyclic amines) is 1. The number of pyridine rings is 1. The fourth-order valence-electron chi connectivity index (χ4n) is 5.46. The highest BCUT2D eigenvalue weighted by Gasteiger charge is 2.36. The first-order chi connectivity index (χ1) is 16.5. The van der Waals surface area contributed by atoms with E-state index in [4.69, 9.17) is 0 Å². The largest absolute Gasteiger partial charge is 0.324 e. The molecule has 2 bridgehead atoms. The van der Waals surface area contributed by atoms with E-state index in [1.807, 2.05) is 34.9 Å². The normalized spacial score (nSPS) is 19.0. The van der Waals surface area contributed by atoms with Gasteiger partial charge >= 0.3 is 6.03 Å². The Hall–Kier alpha value is -3.93. The van der Waals surface area contributed by atoms with E-state index in [1.54, 1.807) is 17.0 Å². The molecule has 4 aromatic rings. The minimum absolute atomic E-state index is 0.0279. The Morgan fingerprint density at radius 2 is 1.74 bits per heavy atom. The van der Waals surface area contributed by atoms with Crippen molar-refractivity contribution in [3.63, 3.8) is 0 Å². The number of halogens is 1. The predicted molar refractivity (Wildman–Crippen MR) is 131 cm³/mol. The van der Waals surface area contributed by atoms with E-state index in [-0.39, 0.29) is 29.2 Å². The van der Waals surface area contributed by atoms with Crippen molar-refractivity contribution in [2.75, 3.05) is 18.4 Å². The molecular weight excluding hydrogens is 429 g/mol. The molecule has 5 nitrogen and oxygen atoms in total. The fraction of sp³-hybridized carbons (Fsp3) is 0.214. The first kappa shape index (κ1) is 20.7. The Morgan fingerprint density at radius 1 is 0.882 bits per heavy atom. The van der Waals surface area contributed by atoms with Crippen LogP contribution in [-0.2, 0) is 6.54 Å². The van der Waals surface area contributed by atoms with Gasteiger partial charge in [0.15, 0.2) is 0 Å². The maximum Gasteiger partial charge on any atom is 0.321 e. The number of carbonyl (C=O) groups is 1. The molecule has 0 spiro atoms. The van der Waals surface area contributed by atoms with Crippen LogP contribution in [0.5, 0.6) is 0 Å². The number of nitrogens with zero attached hydrogens (tertiary/aromatic N) is 2. The molecule has 0 saturated carbocycles. The number of rotatable bonds is 2. The Morgan fingerprint density at radius 3 is 2.59 bits per heavy atom. The number of anilines is 1. The highest BCUT2D eigenvalue weighted by molar-refractivity contribution is 5.89. The molecule has 6 heteroatoms. The van der Waals surface area contributed by atoms with E-state index in [1.165, 1.54) is 12.1 Å². The van der Waals surface area contributed by atoms with E-state index < -0.39 is 0 Å². The summed E-state index contributed by atoms with van der Waals surface area (Å²) in [6.45, 7) is 1.70. The van der Waals surface area contributed by atoms with Gasteiger partial charge in [-0.3, -0.25) is 4.79 Å². The van der Waals surface area contributed by atoms with Crippen LogP contribution in [0.25, 0.3) is 21.9 Å². The summed E-state index contributed by atoms with van der Waals surface area (Å²) in [6, 6.07) is 23.9. The topological polar surface area (TPSA) is 54.3 Å². The van der Waals surface area contributed by atoms with Crippen LogP contribution in [-0.4, -0.2) is 28.6 Å². The first-order valence-corrected chi connectivity index (χ1v) is 11.6. The monoisotopic (exact) mass is 453 g/mol. The van der Waals surface area contributed by atoms with E-state index >= 15 is 0 Å². The van der Waals surface area contributed by atoms with Crippen molar-refractivity contribution >= 4 is 22.5 Å². The number of carbonyl (C=O) groups excluding carboxylic acids is 1. The average Bonchev–Trinajstić information content (AvgIpc) is 2.84. The van der Waals surface area contributed by atoms with Gasteiger partial charge < -0.3 is 14.8 Å². The van der Waals surface area contributed by atoms with Gasteiger partial charge in [0.1, 0.15) is 5.82 Å². The number of aromatic nitrogens is 1. The van der Waals surface area contributed by atoms with Crippen molar-refractivity contribution in [2.45, 2.75) is 18.9 Å². The Kier molecular flexibility index (Phi) is 4.94. The molecule has 34 heavy (non-hydrogen) atoms. The van der Waals surface area contributed by atoms with Gasteiger partial charge in [0.2, 0.25) is 0 Å². The van der Waals surface area contributed by atoms with Crippen LogP contribution in [0.3, 0.4) is 0 Å². The van der Waals surface area contributed by atoms with E-state index in [2.05, 4.69) is 29.6 Å². The molecule has 0 radical (unpaired) electrons. The van der Waals surface area contributed by atoms with Crippen molar-refractivity contribution in [1.82, 2.24) is 9.47 Å². The third-order valence-corrected chi connectivity index (χ3v) is 7.03. The zero-order chi connectivity index (χ0) is 23.2. The molecule has 2 unspecified atom stereocenters. The highest BCUT2D eigenvalue weighted by atomic mass is 19.1. The zero-order valence-electron chi connectivity index (χ0n) is 18.6. The van der Waals surface area contributed by atoms with Gasteiger partial charge in [-0.1, -0.05) is 42.5 Å². The van der Waals surface area contributed by atoms with Crippen molar-refractivity contribution in [3.05, 3.63) is 101 Å². The molecule has 170 valence electrons. The summed E-state index contributed by atoms with van der Waals surface area (Å²) >= 11 is 0. The summed E-state index contributed by atoms with van der Waals surface area (Å²) in [6.07, 6.45) is 0.957. The molecule has 0 aliphatic carbocycles. The fourth-order valence-corrected chi connectivity index (χ4v) is 5.46. The van der Waals surface area contributed by atoms with Crippen LogP contribution in [0, 0.1) is 11.7 Å². The van der Waals surface area contributed by atoms with Crippen LogP contribution >= 0.6 is 0 Å². The van der Waals surface area contributed by atoms with Gasteiger partial charge in [0.05, 0.1) is 0 Å². The minimum atomic E-state index is -0.385. The third kappa shape index (κ3) is 3.65. The van der Waals surface area contributed by atoms with Gasteiger partial charge in [-0.15, -0.1) is 0 Å². The number of nitrogens with one attached hydrogen (secondary N) is 1. The van der Waals surface area contributed by atoms with Gasteiger partial charge in [0.25, 0.3) is 5.56 Å². The van der Waals surface area contributed by atoms with Crippen LogP contribution in [0.15, 0.2) is 83.7 Å². The number of urea groups is 1. The standard InChI is InChI=1S/C28H24FN3O2/c29-23-6-3-7-24(14-23)30-28(34)31-15-18-12-22(17-31)26-11-10-25(27(33)32(26)16-18)21-9-8-19-4-1-2-5-20(19)13-21/h1-11,13-14,18,22H,12,15-17H2,(H,30,34). The molecule has 2 atom stereocenters. The van der Waals surface area contributed by atoms with Gasteiger partial charge in [-0.25, -0.2) is 9.18 Å². The average molecular weight is 454 g/mol. The molecule has 1 saturated heterocycles. The van der Waals surface area contributed by atoms with Crippen LogP contribution in [0.2, 0.25) is 0 Å². The number of amides is 2. The van der Waals surface area contributed by atoms with Crippen molar-refractivity contribution in [3.8, 4) is 11.1 Å². The molecule has 2 aliphatic rings. The van der Waals surface area contributed by atoms with Crippen LogP contribution in [0.1, 0.15) is 18.0 Å². The SMILES string of the molecule is O=C(Nc1cccc(F)c1)N1CC2CC(C1)c1ccc(-c3ccc4ccccc4c3)c(=O)n1C2. The second kappa shape index (κ2) is 8.13. The lowest BCUT2D eigenvalue weighted by molar-refractivity contribution is 0.139. The Labute approximate surface area is 196 Å². The Bertz CT molecular complexity index is 1480. The summed E-state index contributed by atoms with van der Waals surface area (Å²) in [5.41, 5.74) is 3.08. The lowest BCUT2D eigenvalue weighted by Crippen LogP contribution is -2.50. The van der Waals surface area contributed by atoms with Crippen LogP contribution < -0.4 is 10.9 Å². The Balaban J connectivity index is 1.27. The molecular formula is C28H24FN3O2. The van der Waals surface area contributed by atoms with Gasteiger partial charge in [-0.2, -0.15) is 0 Å². The van der Waals surface area contributed by atoms with Crippen molar-refractivity contribution < 1.29 is 9.18 Å². The minimum Gasteiger partial charge on any atom is -0.324 e. The summed E-state index contributed by atoms with van der Waals surface area (Å²) < 4.78 is 15.4. The summed E-state index contributed by atoms with van der Waals surface area (Å²) in [7, 11) is 0. The molecule has 6 rings (SSSR count). The maximum atomic E-state index is 13.5. The lowest BCUT2D eigenvalue weighted by atomic mass is 9.83.